The van der Waals surface area contributed by atoms with Crippen LogP contribution >= 0.6 is 11.8 Å². The van der Waals surface area contributed by atoms with Crippen molar-refractivity contribution in [1.29, 1.82) is 0 Å². The number of aromatic nitrogens is 4. The normalized spacial score (nSPS) is 20.7. The zero-order valence-corrected chi connectivity index (χ0v) is 17.3. The standard InChI is InChI=1S/C18H32N6O2S/c1-15(2)12-24-17(20-21-22-24)27-13-16(25)19-14-18(6-4-3-5-7-18)23-8-10-26-11-9-23/h15H,3-14H2,1-2H3,(H,19,25). The minimum atomic E-state index is 0.0531. The molecule has 1 aliphatic heterocycles. The van der Waals surface area contributed by atoms with Crippen LogP contribution in [0.5, 0.6) is 0 Å². The fraction of sp³-hybridized carbons (Fsp3) is 0.889. The van der Waals surface area contributed by atoms with E-state index in [4.69, 9.17) is 4.74 Å². The van der Waals surface area contributed by atoms with Gasteiger partial charge in [0.05, 0.1) is 19.0 Å². The van der Waals surface area contributed by atoms with Crippen molar-refractivity contribution in [2.75, 3.05) is 38.6 Å². The molecule has 1 aromatic heterocycles. The summed E-state index contributed by atoms with van der Waals surface area (Å²) in [5.41, 5.74) is 0.0988. The van der Waals surface area contributed by atoms with Crippen LogP contribution in [0.4, 0.5) is 0 Å². The Morgan fingerprint density at radius 1 is 1.26 bits per heavy atom. The topological polar surface area (TPSA) is 85.2 Å². The average molecular weight is 397 g/mol. The molecule has 1 N–H and O–H groups in total. The lowest BCUT2D eigenvalue weighted by Crippen LogP contribution is -2.59. The second-order valence-electron chi connectivity index (χ2n) is 7.99. The molecule has 0 atom stereocenters. The van der Waals surface area contributed by atoms with E-state index < -0.39 is 0 Å². The van der Waals surface area contributed by atoms with Crippen LogP contribution in [0.15, 0.2) is 5.16 Å². The second-order valence-corrected chi connectivity index (χ2v) is 8.93. The second kappa shape index (κ2) is 9.84. The molecule has 152 valence electrons. The van der Waals surface area contributed by atoms with Gasteiger partial charge < -0.3 is 10.1 Å². The first-order chi connectivity index (χ1) is 13.1. The maximum atomic E-state index is 12.5. The molecule has 2 fully saturated rings. The van der Waals surface area contributed by atoms with E-state index in [0.717, 1.165) is 52.2 Å². The highest BCUT2D eigenvalue weighted by molar-refractivity contribution is 7.99. The van der Waals surface area contributed by atoms with Crippen LogP contribution in [0.3, 0.4) is 0 Å². The van der Waals surface area contributed by atoms with E-state index in [0.29, 0.717) is 16.8 Å². The van der Waals surface area contributed by atoms with Crippen molar-refractivity contribution in [3.05, 3.63) is 0 Å². The number of ether oxygens (including phenoxy) is 1. The number of hydrogen-bond donors (Lipinski definition) is 1. The van der Waals surface area contributed by atoms with E-state index in [-0.39, 0.29) is 11.4 Å². The molecule has 8 nitrogen and oxygen atoms in total. The van der Waals surface area contributed by atoms with Gasteiger partial charge in [0, 0.05) is 31.7 Å². The lowest BCUT2D eigenvalue weighted by molar-refractivity contribution is -0.119. The summed E-state index contributed by atoms with van der Waals surface area (Å²) in [7, 11) is 0. The summed E-state index contributed by atoms with van der Waals surface area (Å²) in [5.74, 6) is 0.858. The molecular formula is C18H32N6O2S. The predicted octanol–water partition coefficient (Wildman–Crippen LogP) is 1.57. The van der Waals surface area contributed by atoms with Crippen LogP contribution in [-0.2, 0) is 16.1 Å². The Kier molecular flexibility index (Phi) is 7.49. The molecule has 9 heteroatoms. The van der Waals surface area contributed by atoms with E-state index >= 15 is 0 Å². The van der Waals surface area contributed by atoms with Gasteiger partial charge in [0.1, 0.15) is 0 Å². The van der Waals surface area contributed by atoms with Crippen LogP contribution in [0, 0.1) is 5.92 Å². The third-order valence-corrected chi connectivity index (χ3v) is 6.41. The molecule has 27 heavy (non-hydrogen) atoms. The molecule has 0 spiro atoms. The molecule has 1 aromatic rings. The quantitative estimate of drug-likeness (QED) is 0.668. The van der Waals surface area contributed by atoms with Crippen LogP contribution in [0.1, 0.15) is 46.0 Å². The Hall–Kier alpha value is -1.19. The van der Waals surface area contributed by atoms with Crippen molar-refractivity contribution >= 4 is 17.7 Å². The first-order valence-corrected chi connectivity index (χ1v) is 11.1. The van der Waals surface area contributed by atoms with Crippen molar-refractivity contribution < 1.29 is 9.53 Å². The SMILES string of the molecule is CC(C)Cn1nnnc1SCC(=O)NCC1(N2CCOCC2)CCCCC1. The molecule has 1 saturated heterocycles. The molecule has 0 radical (unpaired) electrons. The lowest BCUT2D eigenvalue weighted by Gasteiger charge is -2.48. The zero-order valence-electron chi connectivity index (χ0n) is 16.5. The van der Waals surface area contributed by atoms with Gasteiger partial charge in [-0.05, 0) is 29.2 Å². The summed E-state index contributed by atoms with van der Waals surface area (Å²) in [5, 5.41) is 15.7. The molecule has 3 rings (SSSR count). The summed E-state index contributed by atoms with van der Waals surface area (Å²) < 4.78 is 7.30. The van der Waals surface area contributed by atoms with Gasteiger partial charge in [-0.1, -0.05) is 44.9 Å². The largest absolute Gasteiger partial charge is 0.379 e. The minimum Gasteiger partial charge on any atom is -0.379 e. The molecule has 2 aliphatic rings. The van der Waals surface area contributed by atoms with Gasteiger partial charge in [0.2, 0.25) is 11.1 Å². The van der Waals surface area contributed by atoms with Crippen LogP contribution in [0.2, 0.25) is 0 Å². The van der Waals surface area contributed by atoms with Gasteiger partial charge in [-0.15, -0.1) is 5.10 Å². The number of hydrogen-bond acceptors (Lipinski definition) is 7. The summed E-state index contributed by atoms with van der Waals surface area (Å²) in [4.78, 5) is 15.0. The Labute approximate surface area is 165 Å². The minimum absolute atomic E-state index is 0.0531. The summed E-state index contributed by atoms with van der Waals surface area (Å²) in [6.07, 6.45) is 6.10. The highest BCUT2D eigenvalue weighted by atomic mass is 32.2. The zero-order chi connectivity index (χ0) is 19.1. The molecule has 2 heterocycles. The van der Waals surface area contributed by atoms with Crippen molar-refractivity contribution in [3.8, 4) is 0 Å². The molecule has 1 saturated carbocycles. The highest BCUT2D eigenvalue weighted by Gasteiger charge is 2.38. The number of carbonyl (C=O) groups is 1. The lowest BCUT2D eigenvalue weighted by atomic mass is 9.79. The molecule has 1 aliphatic carbocycles. The Morgan fingerprint density at radius 2 is 2.00 bits per heavy atom. The predicted molar refractivity (Wildman–Crippen MR) is 105 cm³/mol. The summed E-state index contributed by atoms with van der Waals surface area (Å²) in [6, 6.07) is 0. The van der Waals surface area contributed by atoms with Gasteiger partial charge in [-0.25, -0.2) is 4.68 Å². The number of tetrazole rings is 1. The van der Waals surface area contributed by atoms with Crippen LogP contribution in [-0.4, -0.2) is 75.2 Å². The van der Waals surface area contributed by atoms with Gasteiger partial charge in [0.15, 0.2) is 0 Å². The number of amides is 1. The maximum Gasteiger partial charge on any atom is 0.230 e. The van der Waals surface area contributed by atoms with E-state index in [1.807, 2.05) is 0 Å². The van der Waals surface area contributed by atoms with Gasteiger partial charge in [0.25, 0.3) is 0 Å². The van der Waals surface area contributed by atoms with Crippen molar-refractivity contribution in [2.24, 2.45) is 5.92 Å². The number of rotatable bonds is 8. The molecular weight excluding hydrogens is 364 g/mol. The number of morpholine rings is 1. The average Bonchev–Trinajstić information content (AvgIpc) is 3.12. The van der Waals surface area contributed by atoms with E-state index in [1.54, 1.807) is 4.68 Å². The molecule has 0 bridgehead atoms. The number of nitrogens with one attached hydrogen (secondary N) is 1. The maximum absolute atomic E-state index is 12.5. The summed E-state index contributed by atoms with van der Waals surface area (Å²) in [6.45, 7) is 9.26. The third-order valence-electron chi connectivity index (χ3n) is 5.45. The highest BCUT2D eigenvalue weighted by Crippen LogP contribution is 2.33. The van der Waals surface area contributed by atoms with Crippen LogP contribution in [0.25, 0.3) is 0 Å². The number of carbonyl (C=O) groups excluding carboxylic acids is 1. The first-order valence-electron chi connectivity index (χ1n) is 10.1. The third kappa shape index (κ3) is 5.65. The fourth-order valence-corrected chi connectivity index (χ4v) is 4.77. The number of thioether (sulfide) groups is 1. The van der Waals surface area contributed by atoms with Crippen LogP contribution < -0.4 is 5.32 Å². The van der Waals surface area contributed by atoms with E-state index in [2.05, 4.69) is 39.6 Å². The van der Waals surface area contributed by atoms with Gasteiger partial charge in [-0.2, -0.15) is 0 Å². The fourth-order valence-electron chi connectivity index (χ4n) is 4.06. The monoisotopic (exact) mass is 396 g/mol. The van der Waals surface area contributed by atoms with Gasteiger partial charge in [-0.3, -0.25) is 9.69 Å². The Bertz CT molecular complexity index is 596. The smallest absolute Gasteiger partial charge is 0.230 e. The van der Waals surface area contributed by atoms with Crippen molar-refractivity contribution in [3.63, 3.8) is 0 Å². The van der Waals surface area contributed by atoms with E-state index in [9.17, 15) is 4.79 Å². The Morgan fingerprint density at radius 3 is 2.70 bits per heavy atom. The Balaban J connectivity index is 1.51. The van der Waals surface area contributed by atoms with E-state index in [1.165, 1.54) is 31.0 Å². The molecule has 1 amide bonds. The first kappa shape index (κ1) is 20.5. The van der Waals surface area contributed by atoms with Gasteiger partial charge >= 0.3 is 0 Å². The molecule has 0 aromatic carbocycles. The van der Waals surface area contributed by atoms with Crippen molar-refractivity contribution in [2.45, 2.75) is 63.2 Å². The summed E-state index contributed by atoms with van der Waals surface area (Å²) >= 11 is 1.41. The number of nitrogens with zero attached hydrogens (tertiary/aromatic N) is 5. The molecule has 0 unspecified atom stereocenters. The van der Waals surface area contributed by atoms with Crippen molar-refractivity contribution in [1.82, 2.24) is 30.4 Å².